The van der Waals surface area contributed by atoms with E-state index in [9.17, 15) is 18.4 Å². The molecule has 0 unspecified atom stereocenters. The Kier molecular flexibility index (Phi) is 2.46. The number of benzene rings is 1. The molecule has 1 N–H and O–H groups in total. The standard InChI is InChI=1S/C15H9F2NO4/c16-9-3-7-12-14(11(9)17)22-5-10(6-1-2-6)18(12)4-8(13(7)19)15(20)21/h3-6H,1-2H2,(H,20,21). The fraction of sp³-hybridized carbons (Fsp3) is 0.200. The van der Waals surface area contributed by atoms with Gasteiger partial charge in [0.05, 0.1) is 11.1 Å². The number of hydrogen-bond donors (Lipinski definition) is 1. The van der Waals surface area contributed by atoms with Crippen LogP contribution < -0.4 is 10.2 Å². The third kappa shape index (κ3) is 1.62. The van der Waals surface area contributed by atoms with Crippen LogP contribution in [0, 0.1) is 17.6 Å². The molecule has 2 aromatic rings. The van der Waals surface area contributed by atoms with E-state index in [1.807, 2.05) is 0 Å². The van der Waals surface area contributed by atoms with Crippen molar-refractivity contribution in [1.82, 2.24) is 4.57 Å². The van der Waals surface area contributed by atoms with Gasteiger partial charge in [-0.05, 0) is 18.9 Å². The van der Waals surface area contributed by atoms with E-state index in [1.165, 1.54) is 10.8 Å². The molecule has 4 rings (SSSR count). The second kappa shape index (κ2) is 4.16. The summed E-state index contributed by atoms with van der Waals surface area (Å²) in [6.45, 7) is 0. The number of pyridine rings is 1. The van der Waals surface area contributed by atoms with Crippen LogP contribution in [0.3, 0.4) is 0 Å². The van der Waals surface area contributed by atoms with Crippen LogP contribution in [0.4, 0.5) is 8.78 Å². The number of aromatic nitrogens is 1. The van der Waals surface area contributed by atoms with Crippen molar-refractivity contribution >= 4 is 22.6 Å². The maximum atomic E-state index is 13.9. The molecule has 1 aromatic carbocycles. The van der Waals surface area contributed by atoms with Gasteiger partial charge in [0.25, 0.3) is 0 Å². The number of rotatable bonds is 2. The van der Waals surface area contributed by atoms with Gasteiger partial charge in [-0.2, -0.15) is 4.39 Å². The van der Waals surface area contributed by atoms with Crippen LogP contribution in [0.25, 0.3) is 16.6 Å². The van der Waals surface area contributed by atoms with E-state index in [2.05, 4.69) is 0 Å². The number of carboxylic acids is 1. The number of halogens is 2. The fourth-order valence-corrected chi connectivity index (χ4v) is 2.71. The lowest BCUT2D eigenvalue weighted by Gasteiger charge is -2.22. The molecule has 7 heteroatoms. The fourth-order valence-electron chi connectivity index (χ4n) is 2.71. The molecular formula is C15H9F2NO4. The quantitative estimate of drug-likeness (QED) is 0.926. The molecular weight excluding hydrogens is 296 g/mol. The van der Waals surface area contributed by atoms with E-state index in [1.54, 1.807) is 0 Å². The lowest BCUT2D eigenvalue weighted by molar-refractivity contribution is 0.0695. The Balaban J connectivity index is 2.18. The number of aromatic carboxylic acids is 1. The molecule has 5 nitrogen and oxygen atoms in total. The van der Waals surface area contributed by atoms with Crippen molar-refractivity contribution in [3.05, 3.63) is 45.9 Å². The average molecular weight is 305 g/mol. The molecule has 1 aliphatic heterocycles. The van der Waals surface area contributed by atoms with Crippen LogP contribution in [0.15, 0.2) is 23.3 Å². The van der Waals surface area contributed by atoms with Crippen molar-refractivity contribution in [2.24, 2.45) is 5.92 Å². The Morgan fingerprint density at radius 3 is 2.73 bits per heavy atom. The first-order valence-corrected chi connectivity index (χ1v) is 6.66. The van der Waals surface area contributed by atoms with E-state index in [4.69, 9.17) is 9.84 Å². The predicted octanol–water partition coefficient (Wildman–Crippen LogP) is 2.58. The highest BCUT2D eigenvalue weighted by Crippen LogP contribution is 2.44. The summed E-state index contributed by atoms with van der Waals surface area (Å²) in [5.41, 5.74) is -0.637. The van der Waals surface area contributed by atoms with Crippen LogP contribution in [0.2, 0.25) is 0 Å². The summed E-state index contributed by atoms with van der Waals surface area (Å²) >= 11 is 0. The van der Waals surface area contributed by atoms with E-state index >= 15 is 0 Å². The van der Waals surface area contributed by atoms with Gasteiger partial charge < -0.3 is 14.4 Å². The highest BCUT2D eigenvalue weighted by atomic mass is 19.2. The Hall–Kier alpha value is -2.70. The zero-order chi connectivity index (χ0) is 15.6. The third-order valence-electron chi connectivity index (χ3n) is 3.94. The van der Waals surface area contributed by atoms with Gasteiger partial charge in [-0.3, -0.25) is 4.79 Å². The zero-order valence-electron chi connectivity index (χ0n) is 11.1. The molecule has 1 fully saturated rings. The van der Waals surface area contributed by atoms with Crippen molar-refractivity contribution in [2.75, 3.05) is 0 Å². The topological polar surface area (TPSA) is 68.5 Å². The number of nitrogens with zero attached hydrogens (tertiary/aromatic N) is 1. The second-order valence-corrected chi connectivity index (χ2v) is 5.38. The largest absolute Gasteiger partial charge is 0.477 e. The summed E-state index contributed by atoms with van der Waals surface area (Å²) in [5.74, 6) is -4.10. The molecule has 2 aliphatic rings. The van der Waals surface area contributed by atoms with E-state index in [0.717, 1.165) is 25.1 Å². The smallest absolute Gasteiger partial charge is 0.341 e. The first-order valence-electron chi connectivity index (χ1n) is 6.66. The normalized spacial score (nSPS) is 16.4. The highest BCUT2D eigenvalue weighted by molar-refractivity contribution is 5.96. The second-order valence-electron chi connectivity index (χ2n) is 5.38. The maximum absolute atomic E-state index is 13.9. The molecule has 0 saturated heterocycles. The van der Waals surface area contributed by atoms with Gasteiger partial charge in [0.2, 0.25) is 11.2 Å². The molecule has 0 bridgehead atoms. The van der Waals surface area contributed by atoms with Crippen LogP contribution >= 0.6 is 0 Å². The Labute approximate surface area is 122 Å². The average Bonchev–Trinajstić information content (AvgIpc) is 3.31. The maximum Gasteiger partial charge on any atom is 0.341 e. The van der Waals surface area contributed by atoms with Crippen LogP contribution in [-0.2, 0) is 0 Å². The zero-order valence-corrected chi connectivity index (χ0v) is 11.1. The Morgan fingerprint density at radius 1 is 1.36 bits per heavy atom. The number of allylic oxidation sites excluding steroid dienone is 1. The van der Waals surface area contributed by atoms with Gasteiger partial charge >= 0.3 is 5.97 Å². The molecule has 112 valence electrons. The van der Waals surface area contributed by atoms with Gasteiger partial charge in [0.15, 0.2) is 11.6 Å². The van der Waals surface area contributed by atoms with E-state index in [-0.39, 0.29) is 16.8 Å². The monoisotopic (exact) mass is 305 g/mol. The molecule has 1 aliphatic carbocycles. The molecule has 2 heterocycles. The predicted molar refractivity (Wildman–Crippen MR) is 72.7 cm³/mol. The van der Waals surface area contributed by atoms with E-state index < -0.39 is 34.3 Å². The molecule has 0 radical (unpaired) electrons. The SMILES string of the molecule is O=C(O)c1cn2c3c(c(F)c(F)cc3c1=O)OC=C2C1CC1. The van der Waals surface area contributed by atoms with Crippen LogP contribution in [0.1, 0.15) is 23.2 Å². The summed E-state index contributed by atoms with van der Waals surface area (Å²) in [4.78, 5) is 23.5. The summed E-state index contributed by atoms with van der Waals surface area (Å²) in [7, 11) is 0. The Morgan fingerprint density at radius 2 is 2.09 bits per heavy atom. The number of carboxylic acid groups (broad SMARTS) is 1. The lowest BCUT2D eigenvalue weighted by atomic mass is 10.1. The first-order chi connectivity index (χ1) is 10.5. The number of hydrogen-bond acceptors (Lipinski definition) is 3. The van der Waals surface area contributed by atoms with Crippen molar-refractivity contribution in [2.45, 2.75) is 12.8 Å². The Bertz CT molecular complexity index is 941. The summed E-state index contributed by atoms with van der Waals surface area (Å²) in [5, 5.41) is 8.96. The van der Waals surface area contributed by atoms with Gasteiger partial charge in [0, 0.05) is 12.1 Å². The summed E-state index contributed by atoms with van der Waals surface area (Å²) < 4.78 is 34.2. The van der Waals surface area contributed by atoms with Crippen LogP contribution in [0.5, 0.6) is 5.75 Å². The van der Waals surface area contributed by atoms with Gasteiger partial charge in [-0.25, -0.2) is 9.18 Å². The van der Waals surface area contributed by atoms with Crippen molar-refractivity contribution in [1.29, 1.82) is 0 Å². The van der Waals surface area contributed by atoms with Crippen molar-refractivity contribution in [3.63, 3.8) is 0 Å². The molecule has 1 aromatic heterocycles. The van der Waals surface area contributed by atoms with Crippen molar-refractivity contribution in [3.8, 4) is 5.75 Å². The minimum Gasteiger partial charge on any atom is -0.477 e. The molecule has 0 atom stereocenters. The molecule has 22 heavy (non-hydrogen) atoms. The minimum absolute atomic E-state index is 0.0679. The third-order valence-corrected chi connectivity index (χ3v) is 3.94. The molecule has 0 amide bonds. The minimum atomic E-state index is -1.41. The summed E-state index contributed by atoms with van der Waals surface area (Å²) in [6.07, 6.45) is 4.23. The van der Waals surface area contributed by atoms with Gasteiger partial charge in [-0.15, -0.1) is 0 Å². The number of ether oxygens (including phenoxy) is 1. The highest BCUT2D eigenvalue weighted by Gasteiger charge is 2.33. The molecule has 0 spiro atoms. The number of carbonyl (C=O) groups is 1. The molecule has 1 saturated carbocycles. The van der Waals surface area contributed by atoms with Crippen molar-refractivity contribution < 1.29 is 23.4 Å². The lowest BCUT2D eigenvalue weighted by Crippen LogP contribution is -2.22. The van der Waals surface area contributed by atoms with Gasteiger partial charge in [-0.1, -0.05) is 0 Å². The van der Waals surface area contributed by atoms with E-state index in [0.29, 0.717) is 5.70 Å². The summed E-state index contributed by atoms with van der Waals surface area (Å²) in [6, 6.07) is 0.721. The first kappa shape index (κ1) is 13.0. The van der Waals surface area contributed by atoms with Crippen LogP contribution in [-0.4, -0.2) is 15.6 Å². The van der Waals surface area contributed by atoms with Gasteiger partial charge in [0.1, 0.15) is 17.3 Å².